The minimum absolute atomic E-state index is 0.224. The van der Waals surface area contributed by atoms with Gasteiger partial charge >= 0.3 is 5.97 Å². The van der Waals surface area contributed by atoms with Crippen LogP contribution in [0, 0.1) is 11.7 Å². The SMILES string of the molecule is COc1ccc(F)c(-c2ccc(OCc3cccc(C(CC(=O)O)C(C)(F)P)c3)cc2CC(C)C)c1. The summed E-state index contributed by atoms with van der Waals surface area (Å²) >= 11 is 0. The molecule has 3 rings (SSSR count). The molecule has 0 radical (unpaired) electrons. The van der Waals surface area contributed by atoms with Gasteiger partial charge in [-0.05, 0) is 71.8 Å². The van der Waals surface area contributed by atoms with E-state index in [-0.39, 0.29) is 18.8 Å². The molecule has 0 spiro atoms. The van der Waals surface area contributed by atoms with Crippen LogP contribution in [-0.2, 0) is 17.8 Å². The van der Waals surface area contributed by atoms with Gasteiger partial charge in [-0.1, -0.05) is 53.4 Å². The van der Waals surface area contributed by atoms with Gasteiger partial charge < -0.3 is 14.6 Å². The summed E-state index contributed by atoms with van der Waals surface area (Å²) in [5.41, 5.74) is 3.61. The Kier molecular flexibility index (Phi) is 9.08. The Balaban J connectivity index is 1.86. The van der Waals surface area contributed by atoms with Gasteiger partial charge in [0.1, 0.15) is 29.3 Å². The minimum Gasteiger partial charge on any atom is -0.497 e. The second-order valence-electron chi connectivity index (χ2n) is 9.60. The first-order chi connectivity index (χ1) is 17.0. The molecule has 192 valence electrons. The Morgan fingerprint density at radius 1 is 1.06 bits per heavy atom. The summed E-state index contributed by atoms with van der Waals surface area (Å²) in [7, 11) is 3.65. The van der Waals surface area contributed by atoms with E-state index in [2.05, 4.69) is 23.1 Å². The number of rotatable bonds is 11. The smallest absolute Gasteiger partial charge is 0.304 e. The van der Waals surface area contributed by atoms with Gasteiger partial charge in [0, 0.05) is 11.5 Å². The second-order valence-corrected chi connectivity index (χ2v) is 10.7. The van der Waals surface area contributed by atoms with E-state index in [1.165, 1.54) is 13.0 Å². The molecule has 0 fully saturated rings. The molecular weight excluding hydrogens is 481 g/mol. The third-order valence-corrected chi connectivity index (χ3v) is 6.39. The highest BCUT2D eigenvalue weighted by molar-refractivity contribution is 7.18. The van der Waals surface area contributed by atoms with Crippen molar-refractivity contribution in [2.24, 2.45) is 5.92 Å². The molecule has 7 heteroatoms. The quantitative estimate of drug-likeness (QED) is 0.271. The molecule has 0 saturated carbocycles. The zero-order valence-electron chi connectivity index (χ0n) is 21.1. The number of halogens is 2. The lowest BCUT2D eigenvalue weighted by molar-refractivity contribution is -0.138. The third-order valence-electron chi connectivity index (χ3n) is 5.99. The van der Waals surface area contributed by atoms with Crippen molar-refractivity contribution in [1.29, 1.82) is 0 Å². The van der Waals surface area contributed by atoms with E-state index in [0.29, 0.717) is 28.5 Å². The van der Waals surface area contributed by atoms with Crippen molar-refractivity contribution in [3.05, 3.63) is 83.2 Å². The van der Waals surface area contributed by atoms with Crippen molar-refractivity contribution in [3.8, 4) is 22.6 Å². The van der Waals surface area contributed by atoms with Crippen LogP contribution in [-0.4, -0.2) is 23.6 Å². The maximum Gasteiger partial charge on any atom is 0.304 e. The summed E-state index contributed by atoms with van der Waals surface area (Å²) in [5.74, 6) is -0.633. The summed E-state index contributed by atoms with van der Waals surface area (Å²) < 4.78 is 40.7. The number of alkyl halides is 1. The molecule has 1 N–H and O–H groups in total. The van der Waals surface area contributed by atoms with E-state index in [9.17, 15) is 18.7 Å². The highest BCUT2D eigenvalue weighted by Crippen LogP contribution is 2.40. The molecule has 0 aliphatic heterocycles. The fourth-order valence-corrected chi connectivity index (χ4v) is 4.56. The molecule has 3 aromatic rings. The van der Waals surface area contributed by atoms with Crippen LogP contribution in [0.4, 0.5) is 8.78 Å². The predicted molar refractivity (Wildman–Crippen MR) is 142 cm³/mol. The lowest BCUT2D eigenvalue weighted by Crippen LogP contribution is -2.23. The predicted octanol–water partition coefficient (Wildman–Crippen LogP) is 7.40. The average molecular weight is 515 g/mol. The highest BCUT2D eigenvalue weighted by Gasteiger charge is 2.32. The van der Waals surface area contributed by atoms with Crippen LogP contribution >= 0.6 is 9.24 Å². The van der Waals surface area contributed by atoms with Crippen molar-refractivity contribution in [1.82, 2.24) is 0 Å². The van der Waals surface area contributed by atoms with Crippen molar-refractivity contribution in [2.75, 3.05) is 7.11 Å². The summed E-state index contributed by atoms with van der Waals surface area (Å²) in [5, 5.41) is 7.47. The second kappa shape index (κ2) is 11.8. The number of ether oxygens (including phenoxy) is 2. The normalized spacial score (nSPS) is 13.8. The molecule has 0 amide bonds. The molecule has 0 aliphatic rings. The number of hydrogen-bond donors (Lipinski definition) is 1. The van der Waals surface area contributed by atoms with Crippen molar-refractivity contribution in [2.45, 2.75) is 51.5 Å². The Morgan fingerprint density at radius 3 is 2.42 bits per heavy atom. The monoisotopic (exact) mass is 514 g/mol. The van der Waals surface area contributed by atoms with E-state index < -0.39 is 17.3 Å². The van der Waals surface area contributed by atoms with Crippen LogP contribution in [0.15, 0.2) is 60.7 Å². The van der Waals surface area contributed by atoms with Crippen LogP contribution in [0.3, 0.4) is 0 Å². The van der Waals surface area contributed by atoms with Gasteiger partial charge in [0.05, 0.1) is 13.5 Å². The van der Waals surface area contributed by atoms with E-state index in [1.54, 1.807) is 43.5 Å². The van der Waals surface area contributed by atoms with Gasteiger partial charge in [-0.3, -0.25) is 4.79 Å². The Bertz CT molecular complexity index is 1200. The number of aliphatic carboxylic acids is 1. The molecule has 3 aromatic carbocycles. The summed E-state index contributed by atoms with van der Waals surface area (Å²) in [6, 6.07) is 17.4. The summed E-state index contributed by atoms with van der Waals surface area (Å²) in [6.07, 6.45) is 0.417. The topological polar surface area (TPSA) is 55.8 Å². The van der Waals surface area contributed by atoms with E-state index in [0.717, 1.165) is 23.1 Å². The van der Waals surface area contributed by atoms with Crippen molar-refractivity contribution in [3.63, 3.8) is 0 Å². The number of carboxylic acid groups (broad SMARTS) is 1. The third kappa shape index (κ3) is 7.27. The van der Waals surface area contributed by atoms with E-state index in [1.807, 2.05) is 18.2 Å². The number of carbonyl (C=O) groups is 1. The standard InChI is InChI=1S/C29H33F2O4P/c1-18(2)12-21-14-23(8-10-24(21)25-15-22(34-4)9-11-27(25)30)35-17-19-6-5-7-20(13-19)26(16-28(32)33)29(3,31)36/h5-11,13-15,18,26H,12,16-17,36H2,1-4H3,(H,32,33). The van der Waals surface area contributed by atoms with Crippen LogP contribution in [0.5, 0.6) is 11.5 Å². The fraction of sp³-hybridized carbons (Fsp3) is 0.345. The maximum absolute atomic E-state index is 14.7. The summed E-state index contributed by atoms with van der Waals surface area (Å²) in [6.45, 7) is 5.78. The number of carboxylic acids is 1. The molecular formula is C29H33F2O4P. The number of benzene rings is 3. The van der Waals surface area contributed by atoms with Gasteiger partial charge in [0.15, 0.2) is 0 Å². The average Bonchev–Trinajstić information content (AvgIpc) is 2.81. The molecule has 0 saturated heterocycles. The Labute approximate surface area is 213 Å². The molecule has 4 nitrogen and oxygen atoms in total. The molecule has 3 unspecified atom stereocenters. The lowest BCUT2D eigenvalue weighted by Gasteiger charge is -2.26. The van der Waals surface area contributed by atoms with Crippen LogP contribution in [0.25, 0.3) is 11.1 Å². The molecule has 0 aliphatic carbocycles. The van der Waals surface area contributed by atoms with E-state index in [4.69, 9.17) is 9.47 Å². The highest BCUT2D eigenvalue weighted by atomic mass is 31.0. The van der Waals surface area contributed by atoms with Gasteiger partial charge in [-0.2, -0.15) is 0 Å². The van der Waals surface area contributed by atoms with Gasteiger partial charge in [0.25, 0.3) is 0 Å². The first-order valence-corrected chi connectivity index (χ1v) is 12.4. The first kappa shape index (κ1) is 27.6. The van der Waals surface area contributed by atoms with Gasteiger partial charge in [0.2, 0.25) is 0 Å². The zero-order valence-corrected chi connectivity index (χ0v) is 22.2. The molecule has 0 heterocycles. The van der Waals surface area contributed by atoms with Crippen LogP contribution in [0.2, 0.25) is 0 Å². The fourth-order valence-electron chi connectivity index (χ4n) is 4.25. The number of hydrogen-bond acceptors (Lipinski definition) is 3. The summed E-state index contributed by atoms with van der Waals surface area (Å²) in [4.78, 5) is 11.3. The molecule has 3 atom stereocenters. The largest absolute Gasteiger partial charge is 0.497 e. The van der Waals surface area contributed by atoms with Crippen molar-refractivity contribution < 1.29 is 28.2 Å². The van der Waals surface area contributed by atoms with Crippen LogP contribution < -0.4 is 9.47 Å². The zero-order chi connectivity index (χ0) is 26.5. The Morgan fingerprint density at radius 2 is 1.78 bits per heavy atom. The Hall–Kier alpha value is -2.98. The van der Waals surface area contributed by atoms with Gasteiger partial charge in [-0.25, -0.2) is 8.78 Å². The molecule has 36 heavy (non-hydrogen) atoms. The van der Waals surface area contributed by atoms with Gasteiger partial charge in [-0.15, -0.1) is 0 Å². The molecule has 0 aromatic heterocycles. The van der Waals surface area contributed by atoms with Crippen molar-refractivity contribution >= 4 is 15.2 Å². The number of methoxy groups -OCH3 is 1. The maximum atomic E-state index is 14.7. The first-order valence-electron chi connectivity index (χ1n) is 11.9. The minimum atomic E-state index is -1.77. The lowest BCUT2D eigenvalue weighted by atomic mass is 9.90. The molecule has 0 bridgehead atoms. The van der Waals surface area contributed by atoms with Crippen LogP contribution in [0.1, 0.15) is 49.8 Å². The van der Waals surface area contributed by atoms with E-state index >= 15 is 0 Å².